The number of benzene rings is 1. The summed E-state index contributed by atoms with van der Waals surface area (Å²) in [6.07, 6.45) is 0. The molecule has 1 saturated heterocycles. The zero-order valence-electron chi connectivity index (χ0n) is 12.2. The topological polar surface area (TPSA) is 87.2 Å². The molecule has 1 aromatic carbocycles. The smallest absolute Gasteiger partial charge is 0.324 e. The number of carbonyl (C=O) groups is 2. The lowest BCUT2D eigenvalue weighted by molar-refractivity contribution is -0.127. The Morgan fingerprint density at radius 1 is 1.43 bits per heavy atom. The Bertz CT molecular complexity index is 733. The number of piperazine rings is 1. The number of hydrogen-bond acceptors (Lipinski definition) is 5. The predicted molar refractivity (Wildman–Crippen MR) is 82.5 cm³/mol. The van der Waals surface area contributed by atoms with E-state index in [-0.39, 0.29) is 5.91 Å². The molecule has 2 heterocycles. The number of nitrogens with one attached hydrogen (secondary N) is 2. The molecule has 0 spiro atoms. The number of hydrogen-bond donors (Lipinski definition) is 2. The van der Waals surface area contributed by atoms with Crippen molar-refractivity contribution in [3.63, 3.8) is 0 Å². The Hall–Kier alpha value is -2.55. The molecule has 0 saturated carbocycles. The number of carbonyl (C=O) groups excluding carboxylic acids is 2. The molecule has 9 heteroatoms. The van der Waals surface area contributed by atoms with Gasteiger partial charge in [0.25, 0.3) is 0 Å². The van der Waals surface area contributed by atoms with E-state index in [4.69, 9.17) is 0 Å². The van der Waals surface area contributed by atoms with Gasteiger partial charge in [0.1, 0.15) is 17.7 Å². The first-order chi connectivity index (χ1) is 11.0. The maximum atomic E-state index is 13.1. The predicted octanol–water partition coefficient (Wildman–Crippen LogP) is 1.69. The molecule has 0 bridgehead atoms. The highest BCUT2D eigenvalue weighted by molar-refractivity contribution is 7.09. The van der Waals surface area contributed by atoms with Gasteiger partial charge in [0.15, 0.2) is 0 Å². The van der Waals surface area contributed by atoms with Crippen LogP contribution in [-0.2, 0) is 4.79 Å². The zero-order chi connectivity index (χ0) is 16.4. The van der Waals surface area contributed by atoms with Crippen LogP contribution < -0.4 is 10.6 Å². The van der Waals surface area contributed by atoms with E-state index in [1.165, 1.54) is 29.2 Å². The van der Waals surface area contributed by atoms with Crippen LogP contribution in [0.25, 0.3) is 0 Å². The molecule has 1 fully saturated rings. The molecule has 1 unspecified atom stereocenters. The second-order valence-corrected chi connectivity index (χ2v) is 5.77. The molecule has 3 amide bonds. The van der Waals surface area contributed by atoms with Crippen LogP contribution in [0, 0.1) is 12.7 Å². The SMILES string of the molecule is Cc1nsc(NC(=O)N2CCNC(=O)C2c2ccc(F)cc2)n1. The molecule has 0 aliphatic carbocycles. The van der Waals surface area contributed by atoms with E-state index in [0.717, 1.165) is 11.5 Å². The van der Waals surface area contributed by atoms with Crippen molar-refractivity contribution in [3.05, 3.63) is 41.5 Å². The van der Waals surface area contributed by atoms with Crippen molar-refractivity contribution in [1.82, 2.24) is 19.6 Å². The molecule has 1 aromatic heterocycles. The molecule has 3 rings (SSSR count). The minimum atomic E-state index is -0.807. The largest absolute Gasteiger partial charge is 0.352 e. The van der Waals surface area contributed by atoms with Gasteiger partial charge in [-0.1, -0.05) is 12.1 Å². The minimum absolute atomic E-state index is 0.300. The number of amides is 3. The molecular weight excluding hydrogens is 321 g/mol. The van der Waals surface area contributed by atoms with Gasteiger partial charge in [-0.3, -0.25) is 10.1 Å². The van der Waals surface area contributed by atoms with Crippen molar-refractivity contribution >= 4 is 28.6 Å². The fourth-order valence-corrected chi connectivity index (χ4v) is 2.94. The maximum Gasteiger partial charge on any atom is 0.324 e. The summed E-state index contributed by atoms with van der Waals surface area (Å²) in [6.45, 7) is 2.43. The van der Waals surface area contributed by atoms with Crippen LogP contribution in [0.1, 0.15) is 17.4 Å². The van der Waals surface area contributed by atoms with Crippen molar-refractivity contribution in [2.75, 3.05) is 18.4 Å². The number of rotatable bonds is 2. The second-order valence-electron chi connectivity index (χ2n) is 5.02. The van der Waals surface area contributed by atoms with E-state index < -0.39 is 17.9 Å². The third-order valence-electron chi connectivity index (χ3n) is 3.40. The number of urea groups is 1. The lowest BCUT2D eigenvalue weighted by atomic mass is 10.0. The standard InChI is InChI=1S/C14H14FN5O2S/c1-8-17-13(23-19-8)18-14(22)20-7-6-16-12(21)11(20)9-2-4-10(15)5-3-9/h2-5,11H,6-7H2,1H3,(H,16,21)(H,17,18,19,22). The Morgan fingerprint density at radius 2 is 2.17 bits per heavy atom. The molecule has 23 heavy (non-hydrogen) atoms. The summed E-state index contributed by atoms with van der Waals surface area (Å²) in [7, 11) is 0. The maximum absolute atomic E-state index is 13.1. The van der Waals surface area contributed by atoms with Crippen LogP contribution in [0.3, 0.4) is 0 Å². The van der Waals surface area contributed by atoms with Gasteiger partial charge in [-0.15, -0.1) is 0 Å². The van der Waals surface area contributed by atoms with Crippen molar-refractivity contribution in [3.8, 4) is 0 Å². The first-order valence-corrected chi connectivity index (χ1v) is 7.73. The van der Waals surface area contributed by atoms with E-state index in [0.29, 0.717) is 29.6 Å². The Kier molecular flexibility index (Phi) is 4.20. The van der Waals surface area contributed by atoms with Crippen LogP contribution in [0.15, 0.2) is 24.3 Å². The summed E-state index contributed by atoms with van der Waals surface area (Å²) in [5.41, 5.74) is 0.548. The number of aryl methyl sites for hydroxylation is 1. The fourth-order valence-electron chi connectivity index (χ4n) is 2.37. The lowest BCUT2D eigenvalue weighted by Gasteiger charge is -2.34. The van der Waals surface area contributed by atoms with Crippen molar-refractivity contribution in [2.45, 2.75) is 13.0 Å². The van der Waals surface area contributed by atoms with Crippen molar-refractivity contribution < 1.29 is 14.0 Å². The minimum Gasteiger partial charge on any atom is -0.352 e. The van der Waals surface area contributed by atoms with Crippen LogP contribution in [0.2, 0.25) is 0 Å². The Balaban J connectivity index is 1.83. The molecule has 2 N–H and O–H groups in total. The quantitative estimate of drug-likeness (QED) is 0.874. The zero-order valence-corrected chi connectivity index (χ0v) is 13.1. The van der Waals surface area contributed by atoms with Gasteiger partial charge in [-0.25, -0.2) is 14.2 Å². The van der Waals surface area contributed by atoms with Gasteiger partial charge in [-0.2, -0.15) is 4.37 Å². The number of halogens is 1. The lowest BCUT2D eigenvalue weighted by Crippen LogP contribution is -2.53. The number of aromatic nitrogens is 2. The van der Waals surface area contributed by atoms with Crippen molar-refractivity contribution in [2.24, 2.45) is 0 Å². The normalized spacial score (nSPS) is 17.7. The third-order valence-corrected chi connectivity index (χ3v) is 4.12. The highest BCUT2D eigenvalue weighted by Gasteiger charge is 2.34. The summed E-state index contributed by atoms with van der Waals surface area (Å²) in [4.78, 5) is 30.1. The van der Waals surface area contributed by atoms with E-state index in [2.05, 4.69) is 20.0 Å². The Labute approximate surface area is 135 Å². The average molecular weight is 335 g/mol. The van der Waals surface area contributed by atoms with Crippen LogP contribution in [-0.4, -0.2) is 39.3 Å². The summed E-state index contributed by atoms with van der Waals surface area (Å²) in [6, 6.07) is 4.28. The van der Waals surface area contributed by atoms with Gasteiger partial charge < -0.3 is 10.2 Å². The van der Waals surface area contributed by atoms with Gasteiger partial charge in [-0.05, 0) is 24.6 Å². The molecule has 1 aliphatic rings. The molecule has 2 aromatic rings. The third kappa shape index (κ3) is 3.29. The van der Waals surface area contributed by atoms with E-state index in [9.17, 15) is 14.0 Å². The average Bonchev–Trinajstić information content (AvgIpc) is 2.93. The second kappa shape index (κ2) is 6.29. The summed E-state index contributed by atoms with van der Waals surface area (Å²) < 4.78 is 17.1. The monoisotopic (exact) mass is 335 g/mol. The molecule has 120 valence electrons. The van der Waals surface area contributed by atoms with Crippen molar-refractivity contribution in [1.29, 1.82) is 0 Å². The summed E-state index contributed by atoms with van der Waals surface area (Å²) in [5, 5.41) is 5.73. The van der Waals surface area contributed by atoms with Gasteiger partial charge in [0.2, 0.25) is 11.0 Å². The molecule has 7 nitrogen and oxygen atoms in total. The van der Waals surface area contributed by atoms with Gasteiger partial charge in [0.05, 0.1) is 0 Å². The number of nitrogens with zero attached hydrogens (tertiary/aromatic N) is 3. The van der Waals surface area contributed by atoms with Crippen LogP contribution in [0.5, 0.6) is 0 Å². The molecular formula is C14H14FN5O2S. The molecule has 0 radical (unpaired) electrons. The highest BCUT2D eigenvalue weighted by atomic mass is 32.1. The first-order valence-electron chi connectivity index (χ1n) is 6.96. The molecule has 1 atom stereocenters. The van der Waals surface area contributed by atoms with E-state index >= 15 is 0 Å². The van der Waals surface area contributed by atoms with E-state index in [1.54, 1.807) is 6.92 Å². The summed E-state index contributed by atoms with van der Waals surface area (Å²) in [5.74, 6) is -0.131. The van der Waals surface area contributed by atoms with Crippen LogP contribution >= 0.6 is 11.5 Å². The number of anilines is 1. The molecule has 1 aliphatic heterocycles. The van der Waals surface area contributed by atoms with Gasteiger partial charge >= 0.3 is 6.03 Å². The summed E-state index contributed by atoms with van der Waals surface area (Å²) >= 11 is 1.07. The Morgan fingerprint density at radius 3 is 2.83 bits per heavy atom. The van der Waals surface area contributed by atoms with E-state index in [1.807, 2.05) is 0 Å². The first kappa shape index (κ1) is 15.3. The van der Waals surface area contributed by atoms with Gasteiger partial charge in [0, 0.05) is 24.6 Å². The van der Waals surface area contributed by atoms with Crippen LogP contribution in [0.4, 0.5) is 14.3 Å². The highest BCUT2D eigenvalue weighted by Crippen LogP contribution is 2.24. The fraction of sp³-hybridized carbons (Fsp3) is 0.286.